The molecule has 0 aliphatic carbocycles. The molecule has 0 bridgehead atoms. The Morgan fingerprint density at radius 2 is 2.08 bits per heavy atom. The van der Waals surface area contributed by atoms with Crippen LogP contribution in [0, 0.1) is 20.8 Å². The fourth-order valence-electron chi connectivity index (χ4n) is 3.17. The summed E-state index contributed by atoms with van der Waals surface area (Å²) in [6, 6.07) is 5.45. The van der Waals surface area contributed by atoms with Gasteiger partial charge >= 0.3 is 0 Å². The Morgan fingerprint density at radius 1 is 1.29 bits per heavy atom. The number of rotatable bonds is 4. The van der Waals surface area contributed by atoms with Crippen molar-refractivity contribution in [1.29, 1.82) is 0 Å². The summed E-state index contributed by atoms with van der Waals surface area (Å²) in [6.45, 7) is 6.17. The molecule has 6 heteroatoms. The van der Waals surface area contributed by atoms with Gasteiger partial charge in [-0.2, -0.15) is 4.98 Å². The maximum absolute atomic E-state index is 12.9. The van der Waals surface area contributed by atoms with E-state index in [4.69, 9.17) is 4.52 Å². The summed E-state index contributed by atoms with van der Waals surface area (Å²) in [5.41, 5.74) is 2.69. The van der Waals surface area contributed by atoms with Gasteiger partial charge in [0.15, 0.2) is 11.6 Å². The van der Waals surface area contributed by atoms with Crippen molar-refractivity contribution < 1.29 is 14.1 Å². The number of ketones is 1. The van der Waals surface area contributed by atoms with Crippen LogP contribution in [-0.2, 0) is 11.2 Å². The maximum Gasteiger partial charge on any atom is 0.231 e. The fraction of sp³-hybridized carbons (Fsp3) is 0.444. The second kappa shape index (κ2) is 6.55. The number of hydrogen-bond donors (Lipinski definition) is 0. The number of carbonyl (C=O) groups is 2. The molecule has 1 aliphatic heterocycles. The number of amides is 1. The lowest BCUT2D eigenvalue weighted by Gasteiger charge is -2.24. The van der Waals surface area contributed by atoms with Crippen LogP contribution in [-0.4, -0.2) is 39.3 Å². The van der Waals surface area contributed by atoms with Gasteiger partial charge in [0.05, 0.1) is 12.5 Å². The molecule has 0 radical (unpaired) electrons. The van der Waals surface area contributed by atoms with Crippen molar-refractivity contribution >= 4 is 11.7 Å². The standard InChI is InChI=1S/C18H21N3O3/c1-11-6-7-12(2)14(9-11)18(23)15-5-4-8-21(15)17(22)10-16-19-13(3)24-20-16/h6-7,9,15H,4-5,8,10H2,1-3H3. The Bertz CT molecular complexity index is 782. The van der Waals surface area contributed by atoms with Crippen LogP contribution >= 0.6 is 0 Å². The van der Waals surface area contributed by atoms with Crippen molar-refractivity contribution in [3.8, 4) is 0 Å². The van der Waals surface area contributed by atoms with Crippen molar-refractivity contribution in [3.63, 3.8) is 0 Å². The van der Waals surface area contributed by atoms with E-state index in [1.165, 1.54) is 0 Å². The average Bonchev–Trinajstić information content (AvgIpc) is 3.18. The predicted molar refractivity (Wildman–Crippen MR) is 87.7 cm³/mol. The number of hydrogen-bond acceptors (Lipinski definition) is 5. The molecule has 2 aromatic rings. The predicted octanol–water partition coefficient (Wildman–Crippen LogP) is 2.41. The first-order chi connectivity index (χ1) is 11.5. The minimum absolute atomic E-state index is 0.0198. The maximum atomic E-state index is 12.9. The summed E-state index contributed by atoms with van der Waals surface area (Å²) in [4.78, 5) is 31.2. The van der Waals surface area contributed by atoms with Crippen molar-refractivity contribution in [2.45, 2.75) is 46.1 Å². The van der Waals surface area contributed by atoms with Gasteiger partial charge in [0.1, 0.15) is 0 Å². The zero-order chi connectivity index (χ0) is 17.3. The molecule has 1 atom stereocenters. The van der Waals surface area contributed by atoms with Crippen LogP contribution in [0.25, 0.3) is 0 Å². The van der Waals surface area contributed by atoms with E-state index in [-0.39, 0.29) is 18.1 Å². The summed E-state index contributed by atoms with van der Waals surface area (Å²) >= 11 is 0. The Balaban J connectivity index is 1.78. The molecule has 2 heterocycles. The highest BCUT2D eigenvalue weighted by Crippen LogP contribution is 2.24. The van der Waals surface area contributed by atoms with E-state index in [0.29, 0.717) is 30.2 Å². The van der Waals surface area contributed by atoms with Crippen LogP contribution in [0.15, 0.2) is 22.7 Å². The zero-order valence-corrected chi connectivity index (χ0v) is 14.2. The third kappa shape index (κ3) is 3.22. The Hall–Kier alpha value is -2.50. The van der Waals surface area contributed by atoms with Crippen LogP contribution in [0.2, 0.25) is 0 Å². The lowest BCUT2D eigenvalue weighted by Crippen LogP contribution is -2.41. The number of Topliss-reactive ketones (excluding diaryl/α,β-unsaturated/α-hetero) is 1. The van der Waals surface area contributed by atoms with E-state index < -0.39 is 6.04 Å². The second-order valence-electron chi connectivity index (χ2n) is 6.33. The zero-order valence-electron chi connectivity index (χ0n) is 14.2. The van der Waals surface area contributed by atoms with E-state index in [0.717, 1.165) is 17.5 Å². The average molecular weight is 327 g/mol. The van der Waals surface area contributed by atoms with E-state index >= 15 is 0 Å². The van der Waals surface area contributed by atoms with Gasteiger partial charge in [0.2, 0.25) is 11.8 Å². The SMILES string of the molecule is Cc1ccc(C)c(C(=O)C2CCCN2C(=O)Cc2noc(C)n2)c1. The molecule has 1 aromatic heterocycles. The lowest BCUT2D eigenvalue weighted by atomic mass is 9.96. The second-order valence-corrected chi connectivity index (χ2v) is 6.33. The molecule has 6 nitrogen and oxygen atoms in total. The number of benzene rings is 1. The molecule has 1 aromatic carbocycles. The largest absolute Gasteiger partial charge is 0.340 e. The van der Waals surface area contributed by atoms with Crippen molar-refractivity contribution in [3.05, 3.63) is 46.6 Å². The summed E-state index contributed by atoms with van der Waals surface area (Å²) in [7, 11) is 0. The van der Waals surface area contributed by atoms with Crippen molar-refractivity contribution in [1.82, 2.24) is 15.0 Å². The lowest BCUT2D eigenvalue weighted by molar-refractivity contribution is -0.130. The molecular formula is C18H21N3O3. The smallest absolute Gasteiger partial charge is 0.231 e. The van der Waals surface area contributed by atoms with Gasteiger partial charge in [-0.1, -0.05) is 22.9 Å². The van der Waals surface area contributed by atoms with Crippen LogP contribution in [0.5, 0.6) is 0 Å². The summed E-state index contributed by atoms with van der Waals surface area (Å²) < 4.78 is 4.90. The van der Waals surface area contributed by atoms with Gasteiger partial charge in [0.25, 0.3) is 0 Å². The van der Waals surface area contributed by atoms with Gasteiger partial charge in [-0.3, -0.25) is 9.59 Å². The molecule has 0 spiro atoms. The summed E-state index contributed by atoms with van der Waals surface area (Å²) in [5, 5.41) is 3.76. The molecular weight excluding hydrogens is 306 g/mol. The van der Waals surface area contributed by atoms with Gasteiger partial charge in [0, 0.05) is 19.0 Å². The highest BCUT2D eigenvalue weighted by Gasteiger charge is 2.35. The van der Waals surface area contributed by atoms with Crippen molar-refractivity contribution in [2.24, 2.45) is 0 Å². The van der Waals surface area contributed by atoms with E-state index in [1.54, 1.807) is 11.8 Å². The molecule has 0 N–H and O–H groups in total. The van der Waals surface area contributed by atoms with Crippen LogP contribution in [0.4, 0.5) is 0 Å². The molecule has 3 rings (SSSR count). The minimum Gasteiger partial charge on any atom is -0.340 e. The first-order valence-electron chi connectivity index (χ1n) is 8.16. The summed E-state index contributed by atoms with van der Waals surface area (Å²) in [6.07, 6.45) is 1.59. The number of aromatic nitrogens is 2. The number of aryl methyl sites for hydroxylation is 3. The Kier molecular flexibility index (Phi) is 4.46. The number of nitrogens with zero attached hydrogens (tertiary/aromatic N) is 3. The monoisotopic (exact) mass is 327 g/mol. The molecule has 0 saturated carbocycles. The quantitative estimate of drug-likeness (QED) is 0.806. The van der Waals surface area contributed by atoms with Crippen molar-refractivity contribution in [2.75, 3.05) is 6.54 Å². The van der Waals surface area contributed by atoms with Crippen LogP contribution in [0.3, 0.4) is 0 Å². The van der Waals surface area contributed by atoms with Gasteiger partial charge in [-0.25, -0.2) is 0 Å². The Labute approximate surface area is 140 Å². The number of carbonyl (C=O) groups excluding carboxylic acids is 2. The van der Waals surface area contributed by atoms with E-state index in [1.807, 2.05) is 32.0 Å². The van der Waals surface area contributed by atoms with E-state index in [2.05, 4.69) is 10.1 Å². The first-order valence-corrected chi connectivity index (χ1v) is 8.16. The van der Waals surface area contributed by atoms with Crippen LogP contribution in [0.1, 0.15) is 46.0 Å². The third-order valence-electron chi connectivity index (χ3n) is 4.41. The molecule has 1 aliphatic rings. The molecule has 1 fully saturated rings. The highest BCUT2D eigenvalue weighted by atomic mass is 16.5. The fourth-order valence-corrected chi connectivity index (χ4v) is 3.17. The topological polar surface area (TPSA) is 76.3 Å². The molecule has 1 saturated heterocycles. The molecule has 126 valence electrons. The normalized spacial score (nSPS) is 17.3. The van der Waals surface area contributed by atoms with Crippen LogP contribution < -0.4 is 0 Å². The number of likely N-dealkylation sites (tertiary alicyclic amines) is 1. The third-order valence-corrected chi connectivity index (χ3v) is 4.41. The molecule has 1 unspecified atom stereocenters. The van der Waals surface area contributed by atoms with E-state index in [9.17, 15) is 9.59 Å². The molecule has 24 heavy (non-hydrogen) atoms. The molecule has 1 amide bonds. The minimum atomic E-state index is -0.397. The summed E-state index contributed by atoms with van der Waals surface area (Å²) in [5.74, 6) is 0.688. The Morgan fingerprint density at radius 3 is 2.79 bits per heavy atom. The first kappa shape index (κ1) is 16.4. The highest BCUT2D eigenvalue weighted by molar-refractivity contribution is 6.03. The van der Waals surface area contributed by atoms with Gasteiger partial charge in [-0.05, 0) is 38.3 Å². The van der Waals surface area contributed by atoms with Gasteiger partial charge < -0.3 is 9.42 Å². The van der Waals surface area contributed by atoms with Gasteiger partial charge in [-0.15, -0.1) is 0 Å².